The number of benzene rings is 2. The zero-order valence-corrected chi connectivity index (χ0v) is 29.4. The Labute approximate surface area is 304 Å². The fraction of sp³-hybridized carbons (Fsp3) is 0.297. The molecule has 0 spiro atoms. The molecule has 0 saturated carbocycles. The van der Waals surface area contributed by atoms with Crippen molar-refractivity contribution in [3.63, 3.8) is 0 Å². The molecule has 0 unspecified atom stereocenters. The molecule has 14 heteroatoms. The van der Waals surface area contributed by atoms with Crippen LogP contribution in [0.4, 0.5) is 0 Å². The first-order valence-corrected chi connectivity index (χ1v) is 17.5. The highest BCUT2D eigenvalue weighted by Gasteiger charge is 2.22. The molecule has 2 fully saturated rings. The molecule has 0 radical (unpaired) electrons. The van der Waals surface area contributed by atoms with Gasteiger partial charge in [-0.15, -0.1) is 0 Å². The number of amides is 2. The van der Waals surface area contributed by atoms with Crippen LogP contribution in [-0.2, 0) is 22.7 Å². The lowest BCUT2D eigenvalue weighted by Crippen LogP contribution is -2.35. The van der Waals surface area contributed by atoms with Crippen molar-refractivity contribution in [2.24, 2.45) is 0 Å². The van der Waals surface area contributed by atoms with Gasteiger partial charge in [0.2, 0.25) is 17.7 Å². The highest BCUT2D eigenvalue weighted by atomic mass is 35.5. The Hall–Kier alpha value is -4.88. The molecule has 2 atom stereocenters. The van der Waals surface area contributed by atoms with Crippen molar-refractivity contribution in [1.29, 1.82) is 0 Å². The lowest BCUT2D eigenvalue weighted by atomic mass is 9.98. The minimum atomic E-state index is -0.238. The second kappa shape index (κ2) is 15.2. The van der Waals surface area contributed by atoms with Gasteiger partial charge < -0.3 is 26.0 Å². The molecule has 3 aromatic heterocycles. The molecule has 0 bridgehead atoms. The maximum atomic E-state index is 13.3. The van der Waals surface area contributed by atoms with Crippen LogP contribution in [0.5, 0.6) is 5.88 Å². The van der Waals surface area contributed by atoms with Crippen LogP contribution in [0.25, 0.3) is 39.3 Å². The first-order chi connectivity index (χ1) is 24.8. The second-order valence-corrected chi connectivity index (χ2v) is 13.4. The van der Waals surface area contributed by atoms with Gasteiger partial charge in [0, 0.05) is 85.6 Å². The average Bonchev–Trinajstić information content (AvgIpc) is 3.75. The Kier molecular flexibility index (Phi) is 10.3. The molecule has 51 heavy (non-hydrogen) atoms. The smallest absolute Gasteiger partial charge is 0.258 e. The minimum Gasteiger partial charge on any atom is -0.480 e. The van der Waals surface area contributed by atoms with E-state index in [0.717, 1.165) is 18.4 Å². The summed E-state index contributed by atoms with van der Waals surface area (Å²) < 4.78 is 7.09. The van der Waals surface area contributed by atoms with Gasteiger partial charge in [0.1, 0.15) is 11.3 Å². The number of methoxy groups -OCH3 is 1. The van der Waals surface area contributed by atoms with Gasteiger partial charge in [-0.2, -0.15) is 0 Å². The predicted octanol–water partition coefficient (Wildman–Crippen LogP) is 4.54. The first-order valence-electron chi connectivity index (χ1n) is 16.8. The van der Waals surface area contributed by atoms with Crippen LogP contribution in [0, 0.1) is 0 Å². The van der Waals surface area contributed by atoms with Gasteiger partial charge in [-0.05, 0) is 24.5 Å². The van der Waals surface area contributed by atoms with E-state index in [1.165, 1.54) is 10.5 Å². The van der Waals surface area contributed by atoms with E-state index < -0.39 is 0 Å². The summed E-state index contributed by atoms with van der Waals surface area (Å²) in [6, 6.07) is 16.6. The molecule has 2 aliphatic heterocycles. The van der Waals surface area contributed by atoms with E-state index in [1.54, 1.807) is 19.5 Å². The van der Waals surface area contributed by atoms with E-state index in [2.05, 4.69) is 26.3 Å². The van der Waals surface area contributed by atoms with Crippen molar-refractivity contribution in [3.8, 4) is 39.5 Å². The normalized spacial score (nSPS) is 17.2. The number of fused-ring (bicyclic) bond motifs is 1. The largest absolute Gasteiger partial charge is 0.480 e. The molecule has 12 nitrogen and oxygen atoms in total. The van der Waals surface area contributed by atoms with E-state index in [-0.39, 0.29) is 29.5 Å². The highest BCUT2D eigenvalue weighted by molar-refractivity contribution is 6.39. The van der Waals surface area contributed by atoms with Gasteiger partial charge in [0.15, 0.2) is 0 Å². The maximum absolute atomic E-state index is 13.3. The van der Waals surface area contributed by atoms with Crippen molar-refractivity contribution in [1.82, 2.24) is 40.6 Å². The maximum Gasteiger partial charge on any atom is 0.258 e. The summed E-state index contributed by atoms with van der Waals surface area (Å²) in [5.41, 5.74) is 5.36. The SMILES string of the molecule is COc1nc(-c2cccc(-c3cccc(-c4cc(=O)n5cc(CNC[C@@H]6CCC(=O)N6)ccc5n4)c3Cl)c2Cl)cnc1CNC[C@@H]1CCC(=O)N1. The van der Waals surface area contributed by atoms with Crippen LogP contribution in [0.3, 0.4) is 0 Å². The minimum absolute atomic E-state index is 0.0735. The second-order valence-electron chi connectivity index (χ2n) is 12.7. The number of rotatable bonds is 12. The van der Waals surface area contributed by atoms with E-state index in [9.17, 15) is 14.4 Å². The molecule has 7 rings (SSSR count). The number of halogens is 2. The number of nitrogens with one attached hydrogen (secondary N) is 4. The fourth-order valence-electron chi connectivity index (χ4n) is 6.49. The number of hydrogen-bond acceptors (Lipinski definition) is 9. The Morgan fingerprint density at radius 3 is 2.02 bits per heavy atom. The van der Waals surface area contributed by atoms with Crippen LogP contribution >= 0.6 is 23.2 Å². The third-order valence-corrected chi connectivity index (χ3v) is 9.95. The van der Waals surface area contributed by atoms with E-state index in [4.69, 9.17) is 37.9 Å². The highest BCUT2D eigenvalue weighted by Crippen LogP contribution is 2.42. The molecular formula is C37H36Cl2N8O4. The summed E-state index contributed by atoms with van der Waals surface area (Å²) in [7, 11) is 1.54. The van der Waals surface area contributed by atoms with Crippen LogP contribution in [0.15, 0.2) is 71.8 Å². The third-order valence-electron chi connectivity index (χ3n) is 9.14. The summed E-state index contributed by atoms with van der Waals surface area (Å²) in [5.74, 6) is 0.525. The molecule has 4 N–H and O–H groups in total. The monoisotopic (exact) mass is 726 g/mol. The van der Waals surface area contributed by atoms with Crippen molar-refractivity contribution in [2.45, 2.75) is 50.9 Å². The molecule has 2 amide bonds. The molecule has 262 valence electrons. The number of pyridine rings is 1. The topological polar surface area (TPSA) is 152 Å². The molecule has 0 aliphatic carbocycles. The summed E-state index contributed by atoms with van der Waals surface area (Å²) in [5, 5.41) is 13.4. The summed E-state index contributed by atoms with van der Waals surface area (Å²) >= 11 is 14.1. The van der Waals surface area contributed by atoms with E-state index in [0.29, 0.717) is 99.9 Å². The van der Waals surface area contributed by atoms with Crippen LogP contribution in [0.2, 0.25) is 10.0 Å². The molecule has 2 aromatic carbocycles. The van der Waals surface area contributed by atoms with E-state index >= 15 is 0 Å². The summed E-state index contributed by atoms with van der Waals surface area (Å²) in [6.45, 7) is 2.25. The number of aromatic nitrogens is 4. The zero-order chi connectivity index (χ0) is 35.5. The molecule has 2 saturated heterocycles. The Morgan fingerprint density at radius 1 is 0.804 bits per heavy atom. The average molecular weight is 728 g/mol. The van der Waals surface area contributed by atoms with Crippen LogP contribution in [0.1, 0.15) is 36.9 Å². The Morgan fingerprint density at radius 2 is 1.41 bits per heavy atom. The number of carbonyl (C=O) groups excluding carboxylic acids is 2. The predicted molar refractivity (Wildman–Crippen MR) is 196 cm³/mol. The van der Waals surface area contributed by atoms with Gasteiger partial charge in [0.05, 0.1) is 34.7 Å². The Bertz CT molecular complexity index is 2190. The van der Waals surface area contributed by atoms with Crippen molar-refractivity contribution < 1.29 is 14.3 Å². The van der Waals surface area contributed by atoms with Crippen LogP contribution in [-0.4, -0.2) is 63.4 Å². The Balaban J connectivity index is 1.11. The zero-order valence-electron chi connectivity index (χ0n) is 27.8. The standard InChI is InChI=1S/C37H36Cl2N8O4/c1-51-37-30(18-41-17-23-10-13-33(49)44-23)42-19-29(46-37)27-7-3-5-25(36(27)39)24-4-2-6-26(35(24)38)28-14-34(50)47-20-21(8-11-31(47)45-28)15-40-16-22-9-12-32(48)43-22/h2-8,11,14,19-20,22-23,40-41H,9-10,12-13,15-18H2,1H3,(H,43,48)(H,44,49)/t22-,23-/m0/s1. The molecule has 5 aromatic rings. The van der Waals surface area contributed by atoms with Crippen molar-refractivity contribution >= 4 is 40.7 Å². The number of carbonyl (C=O) groups is 2. The summed E-state index contributed by atoms with van der Waals surface area (Å²) in [6.07, 6.45) is 6.15. The van der Waals surface area contributed by atoms with Gasteiger partial charge in [-0.3, -0.25) is 23.8 Å². The molecular weight excluding hydrogens is 691 g/mol. The van der Waals surface area contributed by atoms with Crippen molar-refractivity contribution in [2.75, 3.05) is 20.2 Å². The summed E-state index contributed by atoms with van der Waals surface area (Å²) in [4.78, 5) is 50.4. The number of hydrogen-bond donors (Lipinski definition) is 4. The molecule has 5 heterocycles. The lowest BCUT2D eigenvalue weighted by Gasteiger charge is -2.15. The van der Waals surface area contributed by atoms with Gasteiger partial charge in [0.25, 0.3) is 5.56 Å². The number of nitrogens with zero attached hydrogens (tertiary/aromatic N) is 4. The number of ether oxygens (including phenoxy) is 1. The van der Waals surface area contributed by atoms with Crippen LogP contribution < -0.4 is 31.6 Å². The van der Waals surface area contributed by atoms with Gasteiger partial charge in [-0.25, -0.2) is 9.97 Å². The van der Waals surface area contributed by atoms with Gasteiger partial charge >= 0.3 is 0 Å². The quantitative estimate of drug-likeness (QED) is 0.145. The molecule has 2 aliphatic rings. The van der Waals surface area contributed by atoms with E-state index in [1.807, 2.05) is 48.5 Å². The third kappa shape index (κ3) is 7.59. The first kappa shape index (κ1) is 34.6. The fourth-order valence-corrected chi connectivity index (χ4v) is 7.14. The lowest BCUT2D eigenvalue weighted by molar-refractivity contribution is -0.120. The van der Waals surface area contributed by atoms with Crippen molar-refractivity contribution in [3.05, 3.63) is 98.6 Å². The van der Waals surface area contributed by atoms with Gasteiger partial charge in [-0.1, -0.05) is 65.7 Å².